The number of aryl methyl sites for hydroxylation is 1. The van der Waals surface area contributed by atoms with Crippen molar-refractivity contribution >= 4 is 27.3 Å². The smallest absolute Gasteiger partial charge is 0.282 e. The molecule has 0 saturated carbocycles. The van der Waals surface area contributed by atoms with Gasteiger partial charge in [-0.2, -0.15) is 13.5 Å². The number of aromatic nitrogens is 2. The van der Waals surface area contributed by atoms with Crippen molar-refractivity contribution in [1.82, 2.24) is 10.2 Å². The third-order valence-electron chi connectivity index (χ3n) is 3.84. The van der Waals surface area contributed by atoms with E-state index in [1.165, 1.54) is 26.2 Å². The van der Waals surface area contributed by atoms with Gasteiger partial charge in [0.15, 0.2) is 0 Å². The number of rotatable bonds is 6. The van der Waals surface area contributed by atoms with Crippen LogP contribution in [-0.4, -0.2) is 31.6 Å². The Kier molecular flexibility index (Phi) is 5.32. The normalized spacial score (nSPS) is 11.1. The summed E-state index contributed by atoms with van der Waals surface area (Å²) in [7, 11) is -2.66. The van der Waals surface area contributed by atoms with Crippen LogP contribution < -0.4 is 14.8 Å². The number of sulfonamides is 1. The van der Waals surface area contributed by atoms with E-state index in [-0.39, 0.29) is 16.9 Å². The van der Waals surface area contributed by atoms with E-state index in [0.717, 1.165) is 12.1 Å². The molecule has 146 valence electrons. The van der Waals surface area contributed by atoms with Gasteiger partial charge in [-0.15, -0.1) is 0 Å². The van der Waals surface area contributed by atoms with E-state index in [0.29, 0.717) is 11.4 Å². The zero-order valence-electron chi connectivity index (χ0n) is 15.0. The molecule has 0 saturated heterocycles. The number of halogens is 1. The number of methoxy groups -OCH3 is 1. The Labute approximate surface area is 160 Å². The van der Waals surface area contributed by atoms with Gasteiger partial charge in [0.25, 0.3) is 15.9 Å². The first kappa shape index (κ1) is 19.4. The van der Waals surface area contributed by atoms with E-state index in [4.69, 9.17) is 4.74 Å². The highest BCUT2D eigenvalue weighted by atomic mass is 32.2. The summed E-state index contributed by atoms with van der Waals surface area (Å²) in [5, 5.41) is 8.44. The predicted molar refractivity (Wildman–Crippen MR) is 101 cm³/mol. The molecule has 0 aliphatic rings. The third kappa shape index (κ3) is 4.12. The molecular weight excluding hydrogens is 387 g/mol. The van der Waals surface area contributed by atoms with E-state index in [2.05, 4.69) is 20.2 Å². The number of ether oxygens (including phenoxy) is 1. The van der Waals surface area contributed by atoms with Gasteiger partial charge in [-0.3, -0.25) is 14.6 Å². The van der Waals surface area contributed by atoms with E-state index < -0.39 is 26.8 Å². The minimum Gasteiger partial charge on any atom is -0.497 e. The van der Waals surface area contributed by atoms with Crippen LogP contribution in [0.15, 0.2) is 53.6 Å². The number of hydrogen-bond acceptors (Lipinski definition) is 5. The maximum absolute atomic E-state index is 13.0. The van der Waals surface area contributed by atoms with Gasteiger partial charge < -0.3 is 10.1 Å². The molecular formula is C18H17FN4O4S. The summed E-state index contributed by atoms with van der Waals surface area (Å²) in [4.78, 5) is 12.7. The van der Waals surface area contributed by atoms with Gasteiger partial charge in [0.05, 0.1) is 7.11 Å². The lowest BCUT2D eigenvalue weighted by Gasteiger charge is -2.09. The van der Waals surface area contributed by atoms with Crippen molar-refractivity contribution in [3.63, 3.8) is 0 Å². The highest BCUT2D eigenvalue weighted by molar-refractivity contribution is 7.92. The molecule has 10 heteroatoms. The van der Waals surface area contributed by atoms with Crippen molar-refractivity contribution in [2.45, 2.75) is 11.9 Å². The Morgan fingerprint density at radius 2 is 1.68 bits per heavy atom. The molecule has 0 fully saturated rings. The van der Waals surface area contributed by atoms with Gasteiger partial charge in [-0.25, -0.2) is 4.39 Å². The number of anilines is 2. The average molecular weight is 404 g/mol. The summed E-state index contributed by atoms with van der Waals surface area (Å²) < 4.78 is 45.7. The highest BCUT2D eigenvalue weighted by Gasteiger charge is 2.28. The van der Waals surface area contributed by atoms with E-state index >= 15 is 0 Å². The van der Waals surface area contributed by atoms with Crippen molar-refractivity contribution in [2.75, 3.05) is 17.1 Å². The molecule has 0 bridgehead atoms. The standard InChI is InChI=1S/C18H17FN4O4S/c1-11-16(17(24)20-13-7-9-15(27-2)10-8-13)18(22-21-11)28(25,26)23-14-5-3-12(19)4-6-14/h3-10,23H,1-2H3,(H,20,24)(H,21,22). The molecule has 28 heavy (non-hydrogen) atoms. The summed E-state index contributed by atoms with van der Waals surface area (Å²) in [6.45, 7) is 1.53. The van der Waals surface area contributed by atoms with Gasteiger partial charge in [0.1, 0.15) is 17.1 Å². The topological polar surface area (TPSA) is 113 Å². The number of amides is 1. The van der Waals surface area contributed by atoms with E-state index in [1.54, 1.807) is 24.3 Å². The molecule has 0 unspecified atom stereocenters. The summed E-state index contributed by atoms with van der Waals surface area (Å²) in [5.41, 5.74) is 0.765. The first-order valence-corrected chi connectivity index (χ1v) is 9.57. The zero-order valence-corrected chi connectivity index (χ0v) is 15.8. The van der Waals surface area contributed by atoms with Crippen LogP contribution in [0.5, 0.6) is 5.75 Å². The fraction of sp³-hybridized carbons (Fsp3) is 0.111. The van der Waals surface area contributed by atoms with Crippen molar-refractivity contribution in [3.05, 3.63) is 65.6 Å². The summed E-state index contributed by atoms with van der Waals surface area (Å²) >= 11 is 0. The van der Waals surface area contributed by atoms with Crippen LogP contribution in [0.25, 0.3) is 0 Å². The minimum atomic E-state index is -4.18. The first-order valence-electron chi connectivity index (χ1n) is 8.09. The van der Waals surface area contributed by atoms with Gasteiger partial charge >= 0.3 is 0 Å². The average Bonchev–Trinajstić information content (AvgIpc) is 3.07. The predicted octanol–water partition coefficient (Wildman–Crippen LogP) is 2.92. The van der Waals surface area contributed by atoms with Gasteiger partial charge in [0, 0.05) is 17.1 Å². The largest absolute Gasteiger partial charge is 0.497 e. The van der Waals surface area contributed by atoms with Crippen molar-refractivity contribution in [3.8, 4) is 5.75 Å². The fourth-order valence-electron chi connectivity index (χ4n) is 2.46. The Balaban J connectivity index is 1.87. The Morgan fingerprint density at radius 1 is 1.07 bits per heavy atom. The number of hydrogen-bond donors (Lipinski definition) is 3. The van der Waals surface area contributed by atoms with Crippen LogP contribution in [0.2, 0.25) is 0 Å². The monoisotopic (exact) mass is 404 g/mol. The van der Waals surface area contributed by atoms with E-state index in [1.807, 2.05) is 0 Å². The second kappa shape index (κ2) is 7.69. The Hall–Kier alpha value is -3.40. The van der Waals surface area contributed by atoms with Gasteiger partial charge in [-0.05, 0) is 55.5 Å². The lowest BCUT2D eigenvalue weighted by Crippen LogP contribution is -2.20. The molecule has 0 radical (unpaired) electrons. The van der Waals surface area contributed by atoms with E-state index in [9.17, 15) is 17.6 Å². The van der Waals surface area contributed by atoms with Crippen LogP contribution in [0, 0.1) is 12.7 Å². The van der Waals surface area contributed by atoms with Crippen LogP contribution in [0.3, 0.4) is 0 Å². The zero-order chi connectivity index (χ0) is 20.3. The molecule has 1 amide bonds. The Morgan fingerprint density at radius 3 is 2.29 bits per heavy atom. The second-order valence-electron chi connectivity index (χ2n) is 5.82. The molecule has 2 aromatic carbocycles. The molecule has 1 aromatic heterocycles. The van der Waals surface area contributed by atoms with Crippen LogP contribution >= 0.6 is 0 Å². The molecule has 0 spiro atoms. The number of nitrogens with zero attached hydrogens (tertiary/aromatic N) is 1. The summed E-state index contributed by atoms with van der Waals surface area (Å²) in [6, 6.07) is 11.3. The third-order valence-corrected chi connectivity index (χ3v) is 5.15. The van der Waals surface area contributed by atoms with Crippen LogP contribution in [0.4, 0.5) is 15.8 Å². The van der Waals surface area contributed by atoms with Crippen LogP contribution in [-0.2, 0) is 10.0 Å². The highest BCUT2D eigenvalue weighted by Crippen LogP contribution is 2.22. The Bertz CT molecular complexity index is 1090. The SMILES string of the molecule is COc1ccc(NC(=O)c2c(S(=O)(=O)Nc3ccc(F)cc3)n[nH]c2C)cc1. The number of carbonyl (C=O) groups is 1. The number of carbonyl (C=O) groups excluding carboxylic acids is 1. The van der Waals surface area contributed by atoms with Crippen LogP contribution in [0.1, 0.15) is 16.1 Å². The molecule has 8 nitrogen and oxygen atoms in total. The molecule has 0 atom stereocenters. The first-order chi connectivity index (χ1) is 13.3. The molecule has 3 rings (SSSR count). The maximum Gasteiger partial charge on any atom is 0.282 e. The van der Waals surface area contributed by atoms with Crippen molar-refractivity contribution < 1.29 is 22.3 Å². The molecule has 0 aliphatic carbocycles. The molecule has 3 N–H and O–H groups in total. The van der Waals surface area contributed by atoms with Gasteiger partial charge in [0.2, 0.25) is 5.03 Å². The van der Waals surface area contributed by atoms with Crippen molar-refractivity contribution in [1.29, 1.82) is 0 Å². The molecule has 0 aliphatic heterocycles. The number of benzene rings is 2. The maximum atomic E-state index is 13.0. The molecule has 3 aromatic rings. The number of nitrogens with one attached hydrogen (secondary N) is 3. The number of aromatic amines is 1. The lowest BCUT2D eigenvalue weighted by atomic mass is 10.2. The minimum absolute atomic E-state index is 0.120. The van der Waals surface area contributed by atoms with Gasteiger partial charge in [-0.1, -0.05) is 0 Å². The number of H-pyrrole nitrogens is 1. The summed E-state index contributed by atoms with van der Waals surface area (Å²) in [6.07, 6.45) is 0. The summed E-state index contributed by atoms with van der Waals surface area (Å²) in [5.74, 6) is -0.529. The molecule has 1 heterocycles. The fourth-order valence-corrected chi connectivity index (χ4v) is 3.68. The quantitative estimate of drug-likeness (QED) is 0.585. The lowest BCUT2D eigenvalue weighted by molar-refractivity contribution is 0.102. The van der Waals surface area contributed by atoms with Crippen molar-refractivity contribution in [2.24, 2.45) is 0 Å². The second-order valence-corrected chi connectivity index (χ2v) is 7.42.